The molecule has 186 valence electrons. The van der Waals surface area contributed by atoms with E-state index in [1.165, 1.54) is 12.1 Å². The maximum Gasteiger partial charge on any atom is 0.266 e. The number of ether oxygens (including phenoxy) is 2. The van der Waals surface area contributed by atoms with E-state index in [2.05, 4.69) is 5.32 Å². The predicted octanol–water partition coefficient (Wildman–Crippen LogP) is 6.47. The number of nitrogens with zero attached hydrogens (tertiary/aromatic N) is 3. The highest BCUT2D eigenvalue weighted by Gasteiger charge is 2.17. The molecule has 1 amide bonds. The Balaban J connectivity index is 1.75. The first kappa shape index (κ1) is 25.8. The molecule has 3 aromatic carbocycles. The van der Waals surface area contributed by atoms with Crippen LogP contribution in [0.25, 0.3) is 17.3 Å². The molecule has 9 heteroatoms. The molecule has 0 spiro atoms. The molecule has 0 atom stereocenters. The van der Waals surface area contributed by atoms with Crippen molar-refractivity contribution in [3.05, 3.63) is 99.7 Å². The smallest absolute Gasteiger partial charge is 0.266 e. The van der Waals surface area contributed by atoms with Crippen molar-refractivity contribution in [1.29, 1.82) is 5.26 Å². The molecule has 0 fully saturated rings. The van der Waals surface area contributed by atoms with Gasteiger partial charge in [-0.15, -0.1) is 0 Å². The van der Waals surface area contributed by atoms with Gasteiger partial charge in [0.25, 0.3) is 5.91 Å². The predicted molar refractivity (Wildman–Crippen MR) is 145 cm³/mol. The average molecular weight is 533 g/mol. The van der Waals surface area contributed by atoms with Crippen LogP contribution in [0.4, 0.5) is 5.69 Å². The number of nitriles is 1. The summed E-state index contributed by atoms with van der Waals surface area (Å²) in [6, 6.07) is 21.9. The number of hydrogen-bond acceptors (Lipinski definition) is 5. The highest BCUT2D eigenvalue weighted by Crippen LogP contribution is 2.34. The zero-order valence-corrected chi connectivity index (χ0v) is 21.5. The number of methoxy groups -OCH3 is 2. The minimum Gasteiger partial charge on any atom is -0.493 e. The summed E-state index contributed by atoms with van der Waals surface area (Å²) < 4.78 is 12.6. The van der Waals surface area contributed by atoms with Crippen LogP contribution in [-0.2, 0) is 11.3 Å². The summed E-state index contributed by atoms with van der Waals surface area (Å²) in [6.07, 6.45) is 3.28. The van der Waals surface area contributed by atoms with Crippen LogP contribution in [0, 0.1) is 11.3 Å². The largest absolute Gasteiger partial charge is 0.493 e. The van der Waals surface area contributed by atoms with E-state index in [0.717, 1.165) is 11.1 Å². The second kappa shape index (κ2) is 11.7. The summed E-state index contributed by atoms with van der Waals surface area (Å²) in [4.78, 5) is 13.0. The number of halogens is 2. The van der Waals surface area contributed by atoms with Gasteiger partial charge in [0.1, 0.15) is 11.6 Å². The monoisotopic (exact) mass is 532 g/mol. The van der Waals surface area contributed by atoms with Gasteiger partial charge in [0, 0.05) is 22.3 Å². The molecule has 4 aromatic rings. The van der Waals surface area contributed by atoms with Gasteiger partial charge >= 0.3 is 0 Å². The number of rotatable bonds is 8. The molecule has 1 N–H and O–H groups in total. The summed E-state index contributed by atoms with van der Waals surface area (Å²) in [5.74, 6) is 0.477. The van der Waals surface area contributed by atoms with Crippen molar-refractivity contribution < 1.29 is 14.3 Å². The van der Waals surface area contributed by atoms with Crippen molar-refractivity contribution in [2.45, 2.75) is 6.54 Å². The van der Waals surface area contributed by atoms with Gasteiger partial charge in [-0.3, -0.25) is 9.48 Å². The van der Waals surface area contributed by atoms with Crippen molar-refractivity contribution in [1.82, 2.24) is 9.78 Å². The molecule has 0 bridgehead atoms. The lowest BCUT2D eigenvalue weighted by atomic mass is 10.0. The van der Waals surface area contributed by atoms with Crippen molar-refractivity contribution in [3.8, 4) is 28.8 Å². The zero-order valence-electron chi connectivity index (χ0n) is 20.0. The number of anilines is 1. The van der Waals surface area contributed by atoms with Crippen LogP contribution in [0.2, 0.25) is 10.0 Å². The van der Waals surface area contributed by atoms with E-state index in [1.54, 1.807) is 49.4 Å². The molecule has 1 heterocycles. The third-order valence-electron chi connectivity index (χ3n) is 5.48. The topological polar surface area (TPSA) is 89.2 Å². The molecule has 0 aliphatic carbocycles. The molecule has 7 nitrogen and oxygen atoms in total. The lowest BCUT2D eigenvalue weighted by Crippen LogP contribution is -2.13. The maximum absolute atomic E-state index is 13.0. The molecular weight excluding hydrogens is 511 g/mol. The van der Waals surface area contributed by atoms with E-state index in [0.29, 0.717) is 45.0 Å². The van der Waals surface area contributed by atoms with E-state index < -0.39 is 5.91 Å². The summed E-state index contributed by atoms with van der Waals surface area (Å²) >= 11 is 12.2. The van der Waals surface area contributed by atoms with E-state index in [-0.39, 0.29) is 5.57 Å². The van der Waals surface area contributed by atoms with E-state index >= 15 is 0 Å². The number of benzene rings is 3. The number of nitrogens with one attached hydrogen (secondary N) is 1. The Hall–Kier alpha value is -4.25. The van der Waals surface area contributed by atoms with Crippen LogP contribution in [0.5, 0.6) is 11.5 Å². The fourth-order valence-electron chi connectivity index (χ4n) is 3.69. The third-order valence-corrected chi connectivity index (χ3v) is 6.04. The highest BCUT2D eigenvalue weighted by molar-refractivity contribution is 6.36. The van der Waals surface area contributed by atoms with Crippen LogP contribution in [-0.4, -0.2) is 29.9 Å². The summed E-state index contributed by atoms with van der Waals surface area (Å²) in [7, 11) is 3.11. The van der Waals surface area contributed by atoms with Crippen molar-refractivity contribution >= 4 is 40.9 Å². The molecule has 0 radical (unpaired) electrons. The van der Waals surface area contributed by atoms with E-state index in [1.807, 2.05) is 42.5 Å². The molecule has 37 heavy (non-hydrogen) atoms. The summed E-state index contributed by atoms with van der Waals surface area (Å²) in [5, 5.41) is 17.9. The van der Waals surface area contributed by atoms with Crippen LogP contribution >= 0.6 is 23.2 Å². The standard InChI is InChI=1S/C28H22Cl2N4O3/c1-36-25-11-8-19(13-26(25)37-2)27-21(17-34(33-27)16-18-6-4-3-5-7-18)12-20(15-31)28(35)32-24-14-22(29)9-10-23(24)30/h3-14,17H,16H2,1-2H3,(H,32,35). The zero-order chi connectivity index (χ0) is 26.4. The first-order valence-electron chi connectivity index (χ1n) is 11.1. The molecular formula is C28H22Cl2N4O3. The number of carbonyl (C=O) groups is 1. The summed E-state index contributed by atoms with van der Waals surface area (Å²) in [6.45, 7) is 0.501. The molecule has 0 unspecified atom stereocenters. The minimum absolute atomic E-state index is 0.128. The van der Waals surface area contributed by atoms with Gasteiger partial charge in [-0.05, 0) is 48.0 Å². The Labute approximate surface area is 224 Å². The van der Waals surface area contributed by atoms with Gasteiger partial charge in [0.15, 0.2) is 11.5 Å². The van der Waals surface area contributed by atoms with Gasteiger partial charge in [0.2, 0.25) is 0 Å². The lowest BCUT2D eigenvalue weighted by molar-refractivity contribution is -0.112. The van der Waals surface area contributed by atoms with Gasteiger partial charge in [-0.1, -0.05) is 53.5 Å². The molecule has 0 saturated heterocycles. The van der Waals surface area contributed by atoms with Crippen molar-refractivity contribution in [2.75, 3.05) is 19.5 Å². The number of hydrogen-bond donors (Lipinski definition) is 1. The average Bonchev–Trinajstić information content (AvgIpc) is 3.31. The first-order chi connectivity index (χ1) is 17.9. The van der Waals surface area contributed by atoms with Gasteiger partial charge in [0.05, 0.1) is 37.2 Å². The number of aromatic nitrogens is 2. The minimum atomic E-state index is -0.624. The normalized spacial score (nSPS) is 11.1. The summed E-state index contributed by atoms with van der Waals surface area (Å²) in [5.41, 5.74) is 3.10. The highest BCUT2D eigenvalue weighted by atomic mass is 35.5. The SMILES string of the molecule is COc1ccc(-c2nn(Cc3ccccc3)cc2C=C(C#N)C(=O)Nc2cc(Cl)ccc2Cl)cc1OC. The van der Waals surface area contributed by atoms with Gasteiger partial charge in [-0.2, -0.15) is 10.4 Å². The number of carbonyl (C=O) groups excluding carboxylic acids is 1. The fraction of sp³-hybridized carbons (Fsp3) is 0.107. The molecule has 4 rings (SSSR count). The van der Waals surface area contributed by atoms with Gasteiger partial charge in [-0.25, -0.2) is 0 Å². The van der Waals surface area contributed by atoms with Crippen LogP contribution in [0.3, 0.4) is 0 Å². The Morgan fingerprint density at radius 2 is 1.81 bits per heavy atom. The Bertz CT molecular complexity index is 1510. The molecule has 1 aromatic heterocycles. The third kappa shape index (κ3) is 6.12. The number of amides is 1. The Morgan fingerprint density at radius 1 is 1.05 bits per heavy atom. The molecule has 0 aliphatic heterocycles. The van der Waals surface area contributed by atoms with Crippen LogP contribution < -0.4 is 14.8 Å². The maximum atomic E-state index is 13.0. The van der Waals surface area contributed by atoms with E-state index in [4.69, 9.17) is 37.8 Å². The Morgan fingerprint density at radius 3 is 2.51 bits per heavy atom. The van der Waals surface area contributed by atoms with Crippen LogP contribution in [0.15, 0.2) is 78.5 Å². The van der Waals surface area contributed by atoms with Crippen molar-refractivity contribution in [2.24, 2.45) is 0 Å². The Kier molecular flexibility index (Phi) is 8.14. The quantitative estimate of drug-likeness (QED) is 0.207. The van der Waals surface area contributed by atoms with Crippen LogP contribution in [0.1, 0.15) is 11.1 Å². The van der Waals surface area contributed by atoms with Crippen molar-refractivity contribution in [3.63, 3.8) is 0 Å². The first-order valence-corrected chi connectivity index (χ1v) is 11.9. The second-order valence-electron chi connectivity index (χ2n) is 7.93. The second-order valence-corrected chi connectivity index (χ2v) is 8.78. The fourth-order valence-corrected chi connectivity index (χ4v) is 4.03. The lowest BCUT2D eigenvalue weighted by Gasteiger charge is -2.09. The molecule has 0 aliphatic rings. The molecule has 0 saturated carbocycles. The van der Waals surface area contributed by atoms with E-state index in [9.17, 15) is 10.1 Å². The van der Waals surface area contributed by atoms with Gasteiger partial charge < -0.3 is 14.8 Å².